The van der Waals surface area contributed by atoms with Crippen LogP contribution in [0.1, 0.15) is 17.0 Å². The van der Waals surface area contributed by atoms with Gasteiger partial charge < -0.3 is 10.2 Å². The maximum Gasteiger partial charge on any atom is 0.230 e. The third-order valence-electron chi connectivity index (χ3n) is 4.13. The number of fused-ring (bicyclic) bond motifs is 1. The van der Waals surface area contributed by atoms with E-state index in [1.807, 2.05) is 24.3 Å². The quantitative estimate of drug-likeness (QED) is 0.520. The van der Waals surface area contributed by atoms with Crippen molar-refractivity contribution < 1.29 is 4.79 Å². The molecule has 27 heavy (non-hydrogen) atoms. The molecule has 0 saturated carbocycles. The fourth-order valence-electron chi connectivity index (χ4n) is 2.81. The van der Waals surface area contributed by atoms with Gasteiger partial charge in [-0.1, -0.05) is 42.5 Å². The van der Waals surface area contributed by atoms with E-state index in [1.165, 1.54) is 10.3 Å². The zero-order chi connectivity index (χ0) is 18.9. The SMILES string of the molecule is CN(CCCNC(=O)CSCc1nc2ccccc2s1)Cc1ccccc1. The van der Waals surface area contributed by atoms with Crippen LogP contribution in [-0.4, -0.2) is 41.7 Å². The molecule has 0 radical (unpaired) electrons. The summed E-state index contributed by atoms with van der Waals surface area (Å²) in [6.45, 7) is 2.63. The van der Waals surface area contributed by atoms with E-state index in [4.69, 9.17) is 0 Å². The van der Waals surface area contributed by atoms with Crippen LogP contribution >= 0.6 is 23.1 Å². The minimum absolute atomic E-state index is 0.104. The number of carbonyl (C=O) groups excluding carboxylic acids is 1. The molecule has 1 amide bonds. The Bertz CT molecular complexity index is 818. The lowest BCUT2D eigenvalue weighted by Gasteiger charge is -2.16. The van der Waals surface area contributed by atoms with Gasteiger partial charge in [-0.3, -0.25) is 4.79 Å². The maximum atomic E-state index is 12.0. The molecule has 1 heterocycles. The summed E-state index contributed by atoms with van der Waals surface area (Å²) in [6, 6.07) is 18.6. The molecule has 0 spiro atoms. The normalized spacial score (nSPS) is 11.2. The molecule has 1 aromatic heterocycles. The first-order valence-electron chi connectivity index (χ1n) is 9.12. The summed E-state index contributed by atoms with van der Waals surface area (Å²) in [5.41, 5.74) is 2.36. The largest absolute Gasteiger partial charge is 0.355 e. The van der Waals surface area contributed by atoms with Crippen LogP contribution in [-0.2, 0) is 17.1 Å². The Morgan fingerprint density at radius 2 is 1.93 bits per heavy atom. The van der Waals surface area contributed by atoms with Crippen LogP contribution in [0.5, 0.6) is 0 Å². The van der Waals surface area contributed by atoms with E-state index in [0.29, 0.717) is 5.75 Å². The minimum Gasteiger partial charge on any atom is -0.355 e. The van der Waals surface area contributed by atoms with Gasteiger partial charge in [0, 0.05) is 18.8 Å². The molecule has 4 nitrogen and oxygen atoms in total. The number of nitrogens with zero attached hydrogens (tertiary/aromatic N) is 2. The van der Waals surface area contributed by atoms with Gasteiger partial charge in [-0.2, -0.15) is 0 Å². The van der Waals surface area contributed by atoms with Gasteiger partial charge in [0.05, 0.1) is 16.0 Å². The molecular weight excluding hydrogens is 374 g/mol. The van der Waals surface area contributed by atoms with E-state index in [0.717, 1.165) is 42.3 Å². The molecule has 0 atom stereocenters. The number of thiazole rings is 1. The van der Waals surface area contributed by atoms with Crippen LogP contribution in [0.25, 0.3) is 10.2 Å². The second-order valence-corrected chi connectivity index (χ2v) is 8.60. The van der Waals surface area contributed by atoms with Crippen LogP contribution < -0.4 is 5.32 Å². The lowest BCUT2D eigenvalue weighted by atomic mass is 10.2. The first-order valence-corrected chi connectivity index (χ1v) is 11.1. The zero-order valence-corrected chi connectivity index (χ0v) is 17.2. The van der Waals surface area contributed by atoms with Crippen molar-refractivity contribution in [2.45, 2.75) is 18.7 Å². The summed E-state index contributed by atoms with van der Waals surface area (Å²) in [5.74, 6) is 1.37. The molecule has 0 bridgehead atoms. The summed E-state index contributed by atoms with van der Waals surface area (Å²) in [5, 5.41) is 4.09. The van der Waals surface area contributed by atoms with E-state index < -0.39 is 0 Å². The topological polar surface area (TPSA) is 45.2 Å². The number of hydrogen-bond acceptors (Lipinski definition) is 5. The second-order valence-electron chi connectivity index (χ2n) is 6.50. The molecule has 0 aliphatic rings. The van der Waals surface area contributed by atoms with E-state index in [2.05, 4.69) is 52.6 Å². The Hall–Kier alpha value is -1.89. The smallest absolute Gasteiger partial charge is 0.230 e. The fourth-order valence-corrected chi connectivity index (χ4v) is 4.69. The number of benzene rings is 2. The van der Waals surface area contributed by atoms with Crippen molar-refractivity contribution in [3.05, 3.63) is 65.2 Å². The van der Waals surface area contributed by atoms with Crippen LogP contribution in [0, 0.1) is 0 Å². The standard InChI is InChI=1S/C21H25N3OS2/c1-24(14-17-8-3-2-4-9-17)13-7-12-22-20(25)15-26-16-21-23-18-10-5-6-11-19(18)27-21/h2-6,8-11H,7,12-16H2,1H3,(H,22,25). The summed E-state index contributed by atoms with van der Waals surface area (Å²) in [4.78, 5) is 18.9. The number of amides is 1. The van der Waals surface area contributed by atoms with Gasteiger partial charge in [0.1, 0.15) is 5.01 Å². The second kappa shape index (κ2) is 10.4. The van der Waals surface area contributed by atoms with Gasteiger partial charge in [-0.05, 0) is 37.7 Å². The molecule has 2 aromatic carbocycles. The molecular formula is C21H25N3OS2. The van der Waals surface area contributed by atoms with Crippen LogP contribution in [0.15, 0.2) is 54.6 Å². The number of aromatic nitrogens is 1. The van der Waals surface area contributed by atoms with Crippen LogP contribution in [0.2, 0.25) is 0 Å². The van der Waals surface area contributed by atoms with E-state index in [-0.39, 0.29) is 5.91 Å². The minimum atomic E-state index is 0.104. The maximum absolute atomic E-state index is 12.0. The average Bonchev–Trinajstić information content (AvgIpc) is 3.09. The number of thioether (sulfide) groups is 1. The first-order chi connectivity index (χ1) is 13.2. The van der Waals surface area contributed by atoms with Crippen molar-refractivity contribution in [3.8, 4) is 0 Å². The Morgan fingerprint density at radius 1 is 1.15 bits per heavy atom. The highest BCUT2D eigenvalue weighted by molar-refractivity contribution is 7.99. The molecule has 0 aliphatic carbocycles. The summed E-state index contributed by atoms with van der Waals surface area (Å²) < 4.78 is 1.21. The van der Waals surface area contributed by atoms with Crippen molar-refractivity contribution in [2.75, 3.05) is 25.9 Å². The lowest BCUT2D eigenvalue weighted by Crippen LogP contribution is -2.29. The molecule has 1 N–H and O–H groups in total. The van der Waals surface area contributed by atoms with Crippen molar-refractivity contribution in [1.29, 1.82) is 0 Å². The Kier molecular flexibility index (Phi) is 7.68. The van der Waals surface area contributed by atoms with E-state index >= 15 is 0 Å². The highest BCUT2D eigenvalue weighted by atomic mass is 32.2. The Balaban J connectivity index is 1.27. The van der Waals surface area contributed by atoms with E-state index in [1.54, 1.807) is 23.1 Å². The molecule has 0 saturated heterocycles. The van der Waals surface area contributed by atoms with Gasteiger partial charge in [0.25, 0.3) is 0 Å². The lowest BCUT2D eigenvalue weighted by molar-refractivity contribution is -0.118. The van der Waals surface area contributed by atoms with Crippen molar-refractivity contribution in [3.63, 3.8) is 0 Å². The third-order valence-corrected chi connectivity index (χ3v) is 6.29. The number of rotatable bonds is 10. The van der Waals surface area contributed by atoms with Gasteiger partial charge >= 0.3 is 0 Å². The van der Waals surface area contributed by atoms with Gasteiger partial charge in [-0.15, -0.1) is 23.1 Å². The molecule has 0 aliphatic heterocycles. The molecule has 0 fully saturated rings. The van der Waals surface area contributed by atoms with Crippen LogP contribution in [0.3, 0.4) is 0 Å². The molecule has 3 rings (SSSR count). The predicted octanol–water partition coefficient (Wildman–Crippen LogP) is 4.17. The van der Waals surface area contributed by atoms with E-state index in [9.17, 15) is 4.79 Å². The summed E-state index contributed by atoms with van der Waals surface area (Å²) in [6.07, 6.45) is 0.956. The predicted molar refractivity (Wildman–Crippen MR) is 116 cm³/mol. The molecule has 142 valence electrons. The fraction of sp³-hybridized carbons (Fsp3) is 0.333. The summed E-state index contributed by atoms with van der Waals surface area (Å²) in [7, 11) is 2.11. The highest BCUT2D eigenvalue weighted by Gasteiger charge is 2.06. The van der Waals surface area contributed by atoms with Gasteiger partial charge in [-0.25, -0.2) is 4.98 Å². The number of para-hydroxylation sites is 1. The van der Waals surface area contributed by atoms with Gasteiger partial charge in [0.15, 0.2) is 0 Å². The monoisotopic (exact) mass is 399 g/mol. The van der Waals surface area contributed by atoms with Crippen molar-refractivity contribution >= 4 is 39.2 Å². The molecule has 3 aromatic rings. The van der Waals surface area contributed by atoms with Crippen LogP contribution in [0.4, 0.5) is 0 Å². The number of nitrogens with one attached hydrogen (secondary N) is 1. The van der Waals surface area contributed by atoms with Crippen molar-refractivity contribution in [2.24, 2.45) is 0 Å². The Labute approximate surface area is 169 Å². The highest BCUT2D eigenvalue weighted by Crippen LogP contribution is 2.24. The summed E-state index contributed by atoms with van der Waals surface area (Å²) >= 11 is 3.33. The first kappa shape index (κ1) is 19.9. The zero-order valence-electron chi connectivity index (χ0n) is 15.6. The number of carbonyl (C=O) groups is 1. The molecule has 6 heteroatoms. The molecule has 0 unspecified atom stereocenters. The Morgan fingerprint density at radius 3 is 2.74 bits per heavy atom. The average molecular weight is 400 g/mol. The van der Waals surface area contributed by atoms with Gasteiger partial charge in [0.2, 0.25) is 5.91 Å². The third kappa shape index (κ3) is 6.65. The van der Waals surface area contributed by atoms with Crippen molar-refractivity contribution in [1.82, 2.24) is 15.2 Å². The number of hydrogen-bond donors (Lipinski definition) is 1.